The zero-order chi connectivity index (χ0) is 52.6. The van der Waals surface area contributed by atoms with Crippen LogP contribution in [0.25, 0.3) is 0 Å². The predicted octanol–water partition coefficient (Wildman–Crippen LogP) is 11.2. The van der Waals surface area contributed by atoms with Gasteiger partial charge in [0.05, 0.1) is 74.3 Å². The Kier molecular flexibility index (Phi) is 26.1. The molecule has 0 radical (unpaired) electrons. The first-order valence-electron chi connectivity index (χ1n) is 27.5. The molecule has 8 aliphatic heterocycles. The van der Waals surface area contributed by atoms with Crippen molar-refractivity contribution in [3.63, 3.8) is 0 Å². The highest BCUT2D eigenvalue weighted by molar-refractivity contribution is 5.82. The van der Waals surface area contributed by atoms with E-state index in [2.05, 4.69) is 83.4 Å². The molecule has 0 spiro atoms. The average molecular weight is 1060 g/mol. The monoisotopic (exact) mass is 1060 g/mol. The third-order valence-corrected chi connectivity index (χ3v) is 15.0. The lowest BCUT2D eigenvalue weighted by Gasteiger charge is -2.28. The van der Waals surface area contributed by atoms with Crippen LogP contribution < -0.4 is 0 Å². The molecule has 76 heavy (non-hydrogen) atoms. The van der Waals surface area contributed by atoms with Gasteiger partial charge in [-0.3, -0.25) is 0 Å². The van der Waals surface area contributed by atoms with Gasteiger partial charge in [-0.2, -0.15) is 0 Å². The Balaban J connectivity index is 0.000000274. The molecule has 13 heteroatoms. The maximum Gasteiger partial charge on any atom is 0.330 e. The average Bonchev–Trinajstić information content (AvgIpc) is 4.28. The summed E-state index contributed by atoms with van der Waals surface area (Å²) in [5.74, 6) is 0.0256. The quantitative estimate of drug-likeness (QED) is 0.141. The van der Waals surface area contributed by atoms with Gasteiger partial charge < -0.3 is 52.8 Å². The zero-order valence-corrected chi connectivity index (χ0v) is 44.7. The maximum atomic E-state index is 12.8. The number of carbonyl (C=O) groups excluding carboxylic acids is 2. The Bertz CT molecular complexity index is 2110. The first kappa shape index (κ1) is 62.8. The van der Waals surface area contributed by atoms with Crippen molar-refractivity contribution in [2.45, 2.75) is 230 Å². The van der Waals surface area contributed by atoms with E-state index in [-0.39, 0.29) is 88.0 Å². The maximum absolute atomic E-state index is 12.8. The summed E-state index contributed by atoms with van der Waals surface area (Å²) in [6, 6.07) is 0. The molecule has 8 heterocycles. The highest BCUT2D eigenvalue weighted by Crippen LogP contribution is 2.37. The molecule has 0 saturated carbocycles. The van der Waals surface area contributed by atoms with Crippen LogP contribution in [0.1, 0.15) is 139 Å². The van der Waals surface area contributed by atoms with E-state index in [0.717, 1.165) is 62.5 Å². The third-order valence-electron chi connectivity index (χ3n) is 15.0. The highest BCUT2D eigenvalue weighted by Gasteiger charge is 2.48. The third kappa shape index (κ3) is 21.3. The molecule has 0 aromatic carbocycles. The molecule has 8 aliphatic rings. The molecule has 0 aliphatic carbocycles. The van der Waals surface area contributed by atoms with Gasteiger partial charge in [0, 0.05) is 38.5 Å². The van der Waals surface area contributed by atoms with Crippen molar-refractivity contribution >= 4 is 11.9 Å². The fourth-order valence-electron chi connectivity index (χ4n) is 11.1. The number of rotatable bonds is 7. The summed E-state index contributed by atoms with van der Waals surface area (Å²) in [7, 11) is 1.60. The van der Waals surface area contributed by atoms with Crippen LogP contribution in [0.3, 0.4) is 0 Å². The molecule has 17 atom stereocenters. The number of aliphatic hydroxyl groups excluding tert-OH is 2. The Morgan fingerprint density at radius 3 is 1.66 bits per heavy atom. The topological polar surface area (TPSA) is 164 Å². The summed E-state index contributed by atoms with van der Waals surface area (Å²) in [6.45, 7) is 18.3. The van der Waals surface area contributed by atoms with Gasteiger partial charge in [-0.25, -0.2) is 9.59 Å². The Morgan fingerprint density at radius 1 is 0.645 bits per heavy atom. The van der Waals surface area contributed by atoms with Gasteiger partial charge in [0.1, 0.15) is 30.5 Å². The number of methoxy groups -OCH3 is 1. The number of cyclic esters (lactones) is 2. The summed E-state index contributed by atoms with van der Waals surface area (Å²) >= 11 is 0. The van der Waals surface area contributed by atoms with E-state index < -0.39 is 30.4 Å². The van der Waals surface area contributed by atoms with Crippen LogP contribution in [0.5, 0.6) is 0 Å². The molecular weight excluding hydrogens is 965 g/mol. The molecule has 0 aromatic heterocycles. The molecule has 0 aromatic rings. The van der Waals surface area contributed by atoms with Crippen molar-refractivity contribution in [3.8, 4) is 0 Å². The number of carbonyl (C=O) groups is 2. The summed E-state index contributed by atoms with van der Waals surface area (Å²) in [5.41, 5.74) is 4.67. The van der Waals surface area contributed by atoms with Crippen molar-refractivity contribution in [1.29, 1.82) is 0 Å². The number of epoxide rings is 2. The molecule has 8 rings (SSSR count). The van der Waals surface area contributed by atoms with Crippen LogP contribution in [0.4, 0.5) is 0 Å². The van der Waals surface area contributed by atoms with Crippen molar-refractivity contribution in [1.82, 2.24) is 0 Å². The minimum Gasteiger partial charge on any atom is -0.459 e. The number of hydrogen-bond acceptors (Lipinski definition) is 13. The SMILES string of the molecule is C.C.C=C1C[C@H](C)C[C@@H]2CC=C[C@@H](C/C=C\C(=O)O[C@H](C/C=C/[C@@H]3CC(C)=CCO3)C[C@@H]3OC3[C@@H](O)C1)O2.C=C1C[C@H](C)C[C@@H]2CC=C[C@@H](C/C=C\C(=O)O[C@H]([C@H](/C=C/[C@@H]3CC(C)=CCO3)OC)C[C@@H]3OC3[C@@H](O)C1)O2. The number of ether oxygens (including phenoxy) is 9. The van der Waals surface area contributed by atoms with Gasteiger partial charge in [0.15, 0.2) is 0 Å². The van der Waals surface area contributed by atoms with Gasteiger partial charge in [-0.15, -0.1) is 0 Å². The smallest absolute Gasteiger partial charge is 0.330 e. The Hall–Kier alpha value is -4.02. The predicted molar refractivity (Wildman–Crippen MR) is 298 cm³/mol. The molecule has 4 bridgehead atoms. The van der Waals surface area contributed by atoms with E-state index in [1.54, 1.807) is 7.11 Å². The van der Waals surface area contributed by atoms with E-state index in [4.69, 9.17) is 42.6 Å². The van der Waals surface area contributed by atoms with E-state index in [1.165, 1.54) is 23.3 Å². The van der Waals surface area contributed by atoms with Gasteiger partial charge in [0.2, 0.25) is 0 Å². The fourth-order valence-corrected chi connectivity index (χ4v) is 11.1. The first-order valence-corrected chi connectivity index (χ1v) is 27.5. The summed E-state index contributed by atoms with van der Waals surface area (Å²) in [5, 5.41) is 21.6. The molecule has 2 fully saturated rings. The second kappa shape index (κ2) is 31.5. The number of esters is 2. The second-order valence-corrected chi connectivity index (χ2v) is 22.1. The van der Waals surface area contributed by atoms with E-state index >= 15 is 0 Å². The van der Waals surface area contributed by atoms with Gasteiger partial charge in [-0.1, -0.05) is 137 Å². The van der Waals surface area contributed by atoms with E-state index in [0.29, 0.717) is 70.0 Å². The largest absolute Gasteiger partial charge is 0.459 e. The Labute approximate surface area is 455 Å². The molecule has 2 unspecified atom stereocenters. The summed E-state index contributed by atoms with van der Waals surface area (Å²) < 4.78 is 53.2. The van der Waals surface area contributed by atoms with Crippen LogP contribution in [0, 0.1) is 11.8 Å². The summed E-state index contributed by atoms with van der Waals surface area (Å²) in [6.07, 6.45) is 34.9. The van der Waals surface area contributed by atoms with Crippen LogP contribution in [-0.2, 0) is 52.2 Å². The molecule has 0 amide bonds. The van der Waals surface area contributed by atoms with E-state index in [9.17, 15) is 19.8 Å². The fraction of sp³-hybridized carbons (Fsp3) is 0.651. The molecule has 13 nitrogen and oxygen atoms in total. The number of hydrogen-bond donors (Lipinski definition) is 2. The van der Waals surface area contributed by atoms with Crippen LogP contribution in [0.2, 0.25) is 0 Å². The van der Waals surface area contributed by atoms with Crippen molar-refractivity contribution < 1.29 is 62.4 Å². The van der Waals surface area contributed by atoms with Crippen LogP contribution in [0.15, 0.2) is 121 Å². The number of aliphatic hydroxyl groups is 2. The first-order chi connectivity index (χ1) is 35.7. The minimum absolute atomic E-state index is 0. The highest BCUT2D eigenvalue weighted by atomic mass is 16.6. The van der Waals surface area contributed by atoms with Crippen molar-refractivity contribution in [2.75, 3.05) is 20.3 Å². The van der Waals surface area contributed by atoms with Gasteiger partial charge in [-0.05, 0) is 103 Å². The lowest BCUT2D eigenvalue weighted by atomic mass is 9.91. The molecule has 424 valence electrons. The lowest BCUT2D eigenvalue weighted by Crippen LogP contribution is -2.34. The van der Waals surface area contributed by atoms with Crippen molar-refractivity contribution in [2.24, 2.45) is 11.8 Å². The second-order valence-electron chi connectivity index (χ2n) is 22.1. The number of fused-ring (bicyclic) bond motifs is 6. The van der Waals surface area contributed by atoms with E-state index in [1.807, 2.05) is 30.4 Å². The van der Waals surface area contributed by atoms with Crippen LogP contribution in [-0.4, -0.2) is 134 Å². The van der Waals surface area contributed by atoms with Crippen molar-refractivity contribution in [3.05, 3.63) is 121 Å². The molecular formula is C63H94O13. The lowest BCUT2D eigenvalue weighted by molar-refractivity contribution is -0.149. The van der Waals surface area contributed by atoms with Crippen LogP contribution >= 0.6 is 0 Å². The standard InChI is InChI=1S/C31H44O7.C30H42O6.2CH4/c1-20-13-14-35-24(16-20)11-12-27(34-4)28-19-29-31(38-29)26(32)18-22(3)15-21(2)17-25-9-5-7-23(36-25)8-6-10-30(33)37-28;1-20-13-14-33-24(16-20)9-5-11-26-19-28-30(36-28)27(31)18-22(3)15-21(2)17-25-10-4-7-23(34-25)8-6-12-29(32)35-26;;/h5-7,10-13,21,23-29,31-32H,3,8-9,14-19H2,1-2,4H3;4-7,9,12-13,21,23-28,30-31H,3,8,10-11,14-19H2,1-2H3;2*1H4/b10-6-,12-11+;9-5+,12-6-;;/t21-,23-,24+,25-,26-,27-,28-,29-,31?;21-,23-,24+,25-,26+,27-,28-,30?;;/m00../s1. The zero-order valence-electron chi connectivity index (χ0n) is 44.7. The van der Waals surface area contributed by atoms with Gasteiger partial charge >= 0.3 is 11.9 Å². The molecule has 2 N–H and O–H groups in total. The molecule has 2 saturated heterocycles. The summed E-state index contributed by atoms with van der Waals surface area (Å²) in [4.78, 5) is 25.4. The Morgan fingerprint density at radius 2 is 1.14 bits per heavy atom. The normalized spacial score (nSPS) is 38.1. The van der Waals surface area contributed by atoms with Gasteiger partial charge in [0.25, 0.3) is 0 Å². The minimum atomic E-state index is -0.644.